The minimum atomic E-state index is -1.13. The van der Waals surface area contributed by atoms with Crippen LogP contribution in [0, 0.1) is 34.5 Å². The Kier molecular flexibility index (Phi) is 7.02. The van der Waals surface area contributed by atoms with Gasteiger partial charge in [0.05, 0.1) is 23.9 Å². The van der Waals surface area contributed by atoms with Crippen molar-refractivity contribution in [2.24, 2.45) is 34.5 Å². The van der Waals surface area contributed by atoms with Crippen LogP contribution in [0.1, 0.15) is 72.1 Å². The summed E-state index contributed by atoms with van der Waals surface area (Å²) >= 11 is 0. The number of aliphatic hydroxyl groups excluding tert-OH is 3. The topological polar surface area (TPSA) is 135 Å². The van der Waals surface area contributed by atoms with Crippen molar-refractivity contribution in [3.05, 3.63) is 11.6 Å². The summed E-state index contributed by atoms with van der Waals surface area (Å²) < 4.78 is 22.6. The Hall–Kier alpha value is -1.07. The first-order valence-electron chi connectivity index (χ1n) is 14.9. The van der Waals surface area contributed by atoms with Gasteiger partial charge in [0, 0.05) is 25.0 Å². The SMILES string of the molecule is CO[C@@H]1[C@@H](O)[C@H](C)O[C@@H](O[C@@H]2C[C@@H]3CC[C@H]4[C@@H](CC[C@]5(C)[C@H](C6=CC(=O)OC6)CC[C@]45O)[C@@]3(C)[C@@H](O)C2)[C@@H]1O. The van der Waals surface area contributed by atoms with Crippen LogP contribution in [0.15, 0.2) is 11.6 Å². The molecule has 2 heterocycles. The summed E-state index contributed by atoms with van der Waals surface area (Å²) in [5, 5.41) is 45.2. The van der Waals surface area contributed by atoms with E-state index in [9.17, 15) is 25.2 Å². The number of carbonyl (C=O) groups is 1. The van der Waals surface area contributed by atoms with E-state index in [-0.39, 0.29) is 46.6 Å². The number of carbonyl (C=O) groups excluding carboxylic acids is 1. The van der Waals surface area contributed by atoms with E-state index in [0.717, 1.165) is 44.1 Å². The molecule has 0 bridgehead atoms. The molecule has 1 saturated heterocycles. The van der Waals surface area contributed by atoms with Gasteiger partial charge in [0.15, 0.2) is 6.29 Å². The lowest BCUT2D eigenvalue weighted by Crippen LogP contribution is -2.65. The molecule has 0 radical (unpaired) electrons. The van der Waals surface area contributed by atoms with Crippen molar-refractivity contribution < 1.29 is 44.2 Å². The van der Waals surface area contributed by atoms with Crippen LogP contribution in [0.4, 0.5) is 0 Å². The average Bonchev–Trinajstić information content (AvgIpc) is 3.43. The summed E-state index contributed by atoms with van der Waals surface area (Å²) in [4.78, 5) is 11.8. The third kappa shape index (κ3) is 4.02. The zero-order chi connectivity index (χ0) is 27.9. The minimum Gasteiger partial charge on any atom is -0.458 e. The smallest absolute Gasteiger partial charge is 0.331 e. The molecular weight excluding hydrogens is 504 g/mol. The molecule has 0 amide bonds. The molecular formula is C30H46O9. The zero-order valence-corrected chi connectivity index (χ0v) is 23.6. The van der Waals surface area contributed by atoms with Crippen molar-refractivity contribution in [3.8, 4) is 0 Å². The van der Waals surface area contributed by atoms with Gasteiger partial charge in [-0.15, -0.1) is 0 Å². The molecule has 6 aliphatic rings. The van der Waals surface area contributed by atoms with Gasteiger partial charge in [0.25, 0.3) is 0 Å². The predicted octanol–water partition coefficient (Wildman–Crippen LogP) is 2.08. The highest BCUT2D eigenvalue weighted by molar-refractivity contribution is 5.85. The van der Waals surface area contributed by atoms with Crippen LogP contribution in [0.3, 0.4) is 0 Å². The van der Waals surface area contributed by atoms with Gasteiger partial charge in [-0.25, -0.2) is 4.79 Å². The number of rotatable bonds is 4. The zero-order valence-electron chi connectivity index (χ0n) is 23.6. The van der Waals surface area contributed by atoms with Gasteiger partial charge in [-0.2, -0.15) is 0 Å². The van der Waals surface area contributed by atoms with Crippen molar-refractivity contribution in [1.82, 2.24) is 0 Å². The van der Waals surface area contributed by atoms with E-state index < -0.39 is 42.4 Å². The van der Waals surface area contributed by atoms with Gasteiger partial charge in [-0.05, 0) is 86.5 Å². The standard InChI is InChI=1S/C30H46O9/c1-15-24(33)26(36-4)25(34)27(38-15)39-18-12-17-5-6-21-20(29(17,3)22(31)13-18)7-9-28(2)19(8-10-30(21,28)35)16-11-23(32)37-14-16/h11,15,17-22,24-27,31,33-35H,5-10,12-14H2,1-4H3/t15-,17-,18+,19-,20+,21-,22-,24-,25+,26+,27-,28+,29-,30-/m0/s1. The first-order chi connectivity index (χ1) is 18.4. The highest BCUT2D eigenvalue weighted by Gasteiger charge is 2.69. The summed E-state index contributed by atoms with van der Waals surface area (Å²) in [6.07, 6.45) is 2.74. The monoisotopic (exact) mass is 550 g/mol. The second-order valence-corrected chi connectivity index (χ2v) is 13.8. The van der Waals surface area contributed by atoms with E-state index in [2.05, 4.69) is 13.8 Å². The van der Waals surface area contributed by atoms with Crippen LogP contribution in [-0.4, -0.2) is 88.6 Å². The molecule has 4 aliphatic carbocycles. The summed E-state index contributed by atoms with van der Waals surface area (Å²) in [7, 11) is 1.45. The van der Waals surface area contributed by atoms with Crippen molar-refractivity contribution in [1.29, 1.82) is 0 Å². The quantitative estimate of drug-likeness (QED) is 0.307. The second kappa shape index (κ2) is 9.75. The van der Waals surface area contributed by atoms with Crippen molar-refractivity contribution in [3.63, 3.8) is 0 Å². The molecule has 0 aromatic rings. The predicted molar refractivity (Wildman–Crippen MR) is 139 cm³/mol. The number of methoxy groups -OCH3 is 1. The molecule has 2 aliphatic heterocycles. The third-order valence-corrected chi connectivity index (χ3v) is 12.4. The van der Waals surface area contributed by atoms with Gasteiger partial charge in [0.1, 0.15) is 24.9 Å². The maximum Gasteiger partial charge on any atom is 0.331 e. The molecule has 39 heavy (non-hydrogen) atoms. The number of hydrogen-bond donors (Lipinski definition) is 4. The summed E-state index contributed by atoms with van der Waals surface area (Å²) in [5.74, 6) is 0.393. The Morgan fingerprint density at radius 1 is 1.00 bits per heavy atom. The van der Waals surface area contributed by atoms with E-state index in [0.29, 0.717) is 19.4 Å². The number of hydrogen-bond acceptors (Lipinski definition) is 9. The van der Waals surface area contributed by atoms with Crippen LogP contribution >= 0.6 is 0 Å². The molecule has 4 N–H and O–H groups in total. The average molecular weight is 551 g/mol. The summed E-state index contributed by atoms with van der Waals surface area (Å²) in [5.41, 5.74) is -0.455. The van der Waals surface area contributed by atoms with Crippen molar-refractivity contribution >= 4 is 5.97 Å². The highest BCUT2D eigenvalue weighted by Crippen LogP contribution is 2.70. The lowest BCUT2D eigenvalue weighted by Gasteiger charge is -2.64. The molecule has 0 aromatic heterocycles. The van der Waals surface area contributed by atoms with Gasteiger partial charge in [-0.3, -0.25) is 0 Å². The van der Waals surface area contributed by atoms with Gasteiger partial charge in [0.2, 0.25) is 0 Å². The fraction of sp³-hybridized carbons (Fsp3) is 0.900. The third-order valence-electron chi connectivity index (χ3n) is 12.4. The maximum atomic E-state index is 12.4. The number of fused-ring (bicyclic) bond motifs is 5. The Balaban J connectivity index is 1.19. The summed E-state index contributed by atoms with van der Waals surface area (Å²) in [6.45, 7) is 6.49. The normalized spacial score (nSPS) is 55.3. The fourth-order valence-corrected chi connectivity index (χ4v) is 10.1. The molecule has 220 valence electrons. The Morgan fingerprint density at radius 3 is 2.46 bits per heavy atom. The van der Waals surface area contributed by atoms with E-state index in [1.807, 2.05) is 0 Å². The molecule has 0 unspecified atom stereocenters. The van der Waals surface area contributed by atoms with Crippen molar-refractivity contribution in [2.45, 2.75) is 121 Å². The minimum absolute atomic E-state index is 0.0986. The number of esters is 1. The maximum absolute atomic E-state index is 12.4. The lowest BCUT2D eigenvalue weighted by molar-refractivity contribution is -0.317. The molecule has 14 atom stereocenters. The molecule has 4 saturated carbocycles. The Bertz CT molecular complexity index is 1000. The van der Waals surface area contributed by atoms with Crippen LogP contribution in [0.25, 0.3) is 0 Å². The van der Waals surface area contributed by atoms with Crippen LogP contribution in [-0.2, 0) is 23.7 Å². The first kappa shape index (κ1) is 28.1. The van der Waals surface area contributed by atoms with Gasteiger partial charge < -0.3 is 39.4 Å². The largest absolute Gasteiger partial charge is 0.458 e. The number of cyclic esters (lactones) is 1. The Labute approximate surface area is 230 Å². The van der Waals surface area contributed by atoms with E-state index >= 15 is 0 Å². The van der Waals surface area contributed by atoms with Crippen LogP contribution in [0.5, 0.6) is 0 Å². The number of ether oxygens (including phenoxy) is 4. The fourth-order valence-electron chi connectivity index (χ4n) is 10.1. The van der Waals surface area contributed by atoms with E-state index in [1.165, 1.54) is 7.11 Å². The molecule has 9 heteroatoms. The molecule has 0 spiro atoms. The van der Waals surface area contributed by atoms with Crippen LogP contribution in [0.2, 0.25) is 0 Å². The summed E-state index contributed by atoms with van der Waals surface area (Å²) in [6, 6.07) is 0. The van der Waals surface area contributed by atoms with Gasteiger partial charge >= 0.3 is 5.97 Å². The molecule has 0 aromatic carbocycles. The Morgan fingerprint density at radius 2 is 1.77 bits per heavy atom. The highest BCUT2D eigenvalue weighted by atomic mass is 16.7. The number of aliphatic hydroxyl groups is 4. The first-order valence-corrected chi connectivity index (χ1v) is 14.9. The second-order valence-electron chi connectivity index (χ2n) is 13.8. The molecule has 6 rings (SSSR count). The van der Waals surface area contributed by atoms with E-state index in [4.69, 9.17) is 18.9 Å². The van der Waals surface area contributed by atoms with Crippen molar-refractivity contribution in [2.75, 3.05) is 13.7 Å². The molecule has 5 fully saturated rings. The molecule has 9 nitrogen and oxygen atoms in total. The van der Waals surface area contributed by atoms with Crippen LogP contribution < -0.4 is 0 Å². The van der Waals surface area contributed by atoms with Gasteiger partial charge in [-0.1, -0.05) is 13.8 Å². The lowest BCUT2D eigenvalue weighted by atomic mass is 9.42. The van der Waals surface area contributed by atoms with E-state index in [1.54, 1.807) is 13.0 Å².